The topological polar surface area (TPSA) is 49.8 Å². The molecule has 0 amide bonds. The van der Waals surface area contributed by atoms with E-state index in [0.29, 0.717) is 22.0 Å². The van der Waals surface area contributed by atoms with Gasteiger partial charge in [0.15, 0.2) is 0 Å². The number of aryl methyl sites for hydroxylation is 1. The van der Waals surface area contributed by atoms with Crippen LogP contribution in [-0.4, -0.2) is 16.0 Å². The standard InChI is InChI=1S/C14H14Cl2N4/c1-8-6-13(18-9-2-3-9)20-14(17-8)19-10-4-5-11(15)12(16)7-10/h4-7,9H,2-3H2,1H3,(H2,17,18,19,20). The number of hydrogen-bond donors (Lipinski definition) is 2. The summed E-state index contributed by atoms with van der Waals surface area (Å²) in [6, 6.07) is 7.84. The van der Waals surface area contributed by atoms with E-state index < -0.39 is 0 Å². The third kappa shape index (κ3) is 3.32. The molecular weight excluding hydrogens is 295 g/mol. The lowest BCUT2D eigenvalue weighted by Gasteiger charge is -2.09. The number of aromatic nitrogens is 2. The molecule has 2 N–H and O–H groups in total. The van der Waals surface area contributed by atoms with Crippen molar-refractivity contribution in [1.29, 1.82) is 0 Å². The van der Waals surface area contributed by atoms with Gasteiger partial charge in [0.25, 0.3) is 0 Å². The number of nitrogens with zero attached hydrogens (tertiary/aromatic N) is 2. The molecule has 0 radical (unpaired) electrons. The molecule has 1 aliphatic carbocycles. The number of rotatable bonds is 4. The molecule has 1 aromatic carbocycles. The Morgan fingerprint density at radius 2 is 1.90 bits per heavy atom. The summed E-state index contributed by atoms with van der Waals surface area (Å²) < 4.78 is 0. The van der Waals surface area contributed by atoms with Crippen LogP contribution in [0.3, 0.4) is 0 Å². The maximum Gasteiger partial charge on any atom is 0.229 e. The lowest BCUT2D eigenvalue weighted by molar-refractivity contribution is 1.06. The van der Waals surface area contributed by atoms with Gasteiger partial charge in [0.1, 0.15) is 5.82 Å². The van der Waals surface area contributed by atoms with Crippen molar-refractivity contribution < 1.29 is 0 Å². The Bertz CT molecular complexity index is 641. The van der Waals surface area contributed by atoms with Gasteiger partial charge in [-0.15, -0.1) is 0 Å². The molecule has 6 heteroatoms. The number of nitrogens with one attached hydrogen (secondary N) is 2. The van der Waals surface area contributed by atoms with E-state index in [9.17, 15) is 0 Å². The number of anilines is 3. The second-order valence-electron chi connectivity index (χ2n) is 4.89. The molecule has 1 heterocycles. The maximum absolute atomic E-state index is 5.99. The van der Waals surface area contributed by atoms with Crippen molar-refractivity contribution in [2.75, 3.05) is 10.6 Å². The van der Waals surface area contributed by atoms with Crippen LogP contribution in [0.1, 0.15) is 18.5 Å². The molecule has 0 unspecified atom stereocenters. The summed E-state index contributed by atoms with van der Waals surface area (Å²) in [5, 5.41) is 7.53. The van der Waals surface area contributed by atoms with Gasteiger partial charge in [-0.3, -0.25) is 0 Å². The SMILES string of the molecule is Cc1cc(NC2CC2)nc(Nc2ccc(Cl)c(Cl)c2)n1. The van der Waals surface area contributed by atoms with Gasteiger partial charge in [0.05, 0.1) is 10.0 Å². The molecule has 0 aliphatic heterocycles. The largest absolute Gasteiger partial charge is 0.367 e. The average molecular weight is 309 g/mol. The molecule has 4 nitrogen and oxygen atoms in total. The van der Waals surface area contributed by atoms with E-state index in [0.717, 1.165) is 17.2 Å². The number of benzene rings is 1. The first-order valence-corrected chi connectivity index (χ1v) is 7.20. The van der Waals surface area contributed by atoms with Crippen LogP contribution in [0.2, 0.25) is 10.0 Å². The molecular formula is C14H14Cl2N4. The molecule has 0 spiro atoms. The molecule has 20 heavy (non-hydrogen) atoms. The van der Waals surface area contributed by atoms with Gasteiger partial charge in [-0.2, -0.15) is 4.98 Å². The van der Waals surface area contributed by atoms with Crippen molar-refractivity contribution in [3.05, 3.63) is 40.0 Å². The van der Waals surface area contributed by atoms with Crippen LogP contribution >= 0.6 is 23.2 Å². The molecule has 1 aromatic heterocycles. The summed E-state index contributed by atoms with van der Waals surface area (Å²) in [5.41, 5.74) is 1.72. The highest BCUT2D eigenvalue weighted by molar-refractivity contribution is 6.42. The second kappa shape index (κ2) is 5.46. The van der Waals surface area contributed by atoms with Gasteiger partial charge >= 0.3 is 0 Å². The highest BCUT2D eigenvalue weighted by Crippen LogP contribution is 2.27. The molecule has 104 valence electrons. The Morgan fingerprint density at radius 3 is 2.60 bits per heavy atom. The smallest absolute Gasteiger partial charge is 0.229 e. The number of hydrogen-bond acceptors (Lipinski definition) is 4. The minimum atomic E-state index is 0.501. The van der Waals surface area contributed by atoms with Crippen molar-refractivity contribution in [3.63, 3.8) is 0 Å². The van der Waals surface area contributed by atoms with Crippen LogP contribution in [0.25, 0.3) is 0 Å². The molecule has 2 aromatic rings. The van der Waals surface area contributed by atoms with Gasteiger partial charge in [-0.05, 0) is 38.0 Å². The van der Waals surface area contributed by atoms with E-state index in [1.165, 1.54) is 12.8 Å². The minimum Gasteiger partial charge on any atom is -0.367 e. The molecule has 1 aliphatic rings. The van der Waals surface area contributed by atoms with Gasteiger partial charge in [-0.25, -0.2) is 4.98 Å². The molecule has 0 saturated heterocycles. The monoisotopic (exact) mass is 308 g/mol. The third-order valence-corrected chi connectivity index (χ3v) is 3.70. The van der Waals surface area contributed by atoms with E-state index in [-0.39, 0.29) is 0 Å². The first kappa shape index (κ1) is 13.5. The molecule has 1 saturated carbocycles. The molecule has 0 atom stereocenters. The van der Waals surface area contributed by atoms with Crippen molar-refractivity contribution in [1.82, 2.24) is 9.97 Å². The fourth-order valence-corrected chi connectivity index (χ4v) is 2.14. The van der Waals surface area contributed by atoms with E-state index >= 15 is 0 Å². The Hall–Kier alpha value is -1.52. The van der Waals surface area contributed by atoms with E-state index in [1.807, 2.05) is 19.1 Å². The van der Waals surface area contributed by atoms with Crippen molar-refractivity contribution in [2.24, 2.45) is 0 Å². The first-order valence-electron chi connectivity index (χ1n) is 6.44. The predicted octanol–water partition coefficient (Wildman–Crippen LogP) is 4.41. The lowest BCUT2D eigenvalue weighted by atomic mass is 10.3. The van der Waals surface area contributed by atoms with E-state index in [1.54, 1.807) is 12.1 Å². The average Bonchev–Trinajstić information content (AvgIpc) is 3.17. The highest BCUT2D eigenvalue weighted by Gasteiger charge is 2.21. The van der Waals surface area contributed by atoms with Crippen LogP contribution in [-0.2, 0) is 0 Å². The quantitative estimate of drug-likeness (QED) is 0.878. The zero-order valence-electron chi connectivity index (χ0n) is 11.0. The van der Waals surface area contributed by atoms with Crippen LogP contribution in [0.4, 0.5) is 17.5 Å². The molecule has 3 rings (SSSR count). The summed E-state index contributed by atoms with van der Waals surface area (Å²) in [6.07, 6.45) is 2.41. The summed E-state index contributed by atoms with van der Waals surface area (Å²) in [6.45, 7) is 1.94. The van der Waals surface area contributed by atoms with Gasteiger partial charge in [0, 0.05) is 23.5 Å². The van der Waals surface area contributed by atoms with Crippen LogP contribution in [0.5, 0.6) is 0 Å². The fraction of sp³-hybridized carbons (Fsp3) is 0.286. The van der Waals surface area contributed by atoms with Crippen LogP contribution in [0, 0.1) is 6.92 Å². The summed E-state index contributed by atoms with van der Waals surface area (Å²) in [4.78, 5) is 8.82. The zero-order chi connectivity index (χ0) is 14.1. The lowest BCUT2D eigenvalue weighted by Crippen LogP contribution is -2.06. The Labute approximate surface area is 127 Å². The first-order chi connectivity index (χ1) is 9.60. The van der Waals surface area contributed by atoms with Crippen molar-refractivity contribution >= 4 is 40.7 Å². The summed E-state index contributed by atoms with van der Waals surface area (Å²) in [7, 11) is 0. The molecule has 0 bridgehead atoms. The van der Waals surface area contributed by atoms with Crippen molar-refractivity contribution in [3.8, 4) is 0 Å². The number of halogens is 2. The Balaban J connectivity index is 1.81. The highest BCUT2D eigenvalue weighted by atomic mass is 35.5. The van der Waals surface area contributed by atoms with Gasteiger partial charge in [0.2, 0.25) is 5.95 Å². The fourth-order valence-electron chi connectivity index (χ4n) is 1.84. The predicted molar refractivity (Wildman–Crippen MR) is 83.2 cm³/mol. The molecule has 1 fully saturated rings. The third-order valence-electron chi connectivity index (χ3n) is 2.96. The van der Waals surface area contributed by atoms with Crippen molar-refractivity contribution in [2.45, 2.75) is 25.8 Å². The van der Waals surface area contributed by atoms with Crippen LogP contribution in [0.15, 0.2) is 24.3 Å². The van der Waals surface area contributed by atoms with E-state index in [2.05, 4.69) is 20.6 Å². The minimum absolute atomic E-state index is 0.501. The van der Waals surface area contributed by atoms with Gasteiger partial charge in [-0.1, -0.05) is 23.2 Å². The Morgan fingerprint density at radius 1 is 1.10 bits per heavy atom. The maximum atomic E-state index is 5.99. The van der Waals surface area contributed by atoms with Crippen LogP contribution < -0.4 is 10.6 Å². The Kier molecular flexibility index (Phi) is 3.68. The zero-order valence-corrected chi connectivity index (χ0v) is 12.5. The second-order valence-corrected chi connectivity index (χ2v) is 5.71. The summed E-state index contributed by atoms with van der Waals surface area (Å²) in [5.74, 6) is 1.40. The van der Waals surface area contributed by atoms with Gasteiger partial charge < -0.3 is 10.6 Å². The summed E-state index contributed by atoms with van der Waals surface area (Å²) >= 11 is 11.9. The van der Waals surface area contributed by atoms with E-state index in [4.69, 9.17) is 23.2 Å². The normalized spacial score (nSPS) is 14.2.